The van der Waals surface area contributed by atoms with E-state index in [4.69, 9.17) is 0 Å². The maximum Gasteiger partial charge on any atom is 0.336 e. The van der Waals surface area contributed by atoms with E-state index in [2.05, 4.69) is 4.74 Å². The molecule has 0 aliphatic rings. The van der Waals surface area contributed by atoms with Crippen LogP contribution in [0.4, 0.5) is 4.39 Å². The molecule has 0 saturated carbocycles. The molecule has 0 saturated heterocycles. The summed E-state index contributed by atoms with van der Waals surface area (Å²) in [6.07, 6.45) is 0. The van der Waals surface area contributed by atoms with Gasteiger partial charge in [-0.25, -0.2) is 9.18 Å². The zero-order valence-electron chi connectivity index (χ0n) is 9.47. The molecule has 0 aliphatic heterocycles. The standard InChI is InChI=1S/C14H11FO3/c15-9-18-11-6-7-12(13(8-11)14(16)17)10-4-2-1-3-5-10/h1-8H,9H2,(H,16,17). The molecule has 2 rings (SSSR count). The number of carboxylic acid groups (broad SMARTS) is 1. The van der Waals surface area contributed by atoms with Crippen LogP contribution < -0.4 is 4.74 Å². The molecular weight excluding hydrogens is 235 g/mol. The molecule has 4 heteroatoms. The van der Waals surface area contributed by atoms with Crippen LogP contribution in [0.25, 0.3) is 11.1 Å². The van der Waals surface area contributed by atoms with E-state index in [1.54, 1.807) is 12.1 Å². The van der Waals surface area contributed by atoms with Crippen molar-refractivity contribution in [1.29, 1.82) is 0 Å². The smallest absolute Gasteiger partial charge is 0.336 e. The molecule has 1 N–H and O–H groups in total. The van der Waals surface area contributed by atoms with Crippen molar-refractivity contribution in [2.75, 3.05) is 6.86 Å². The highest BCUT2D eigenvalue weighted by Crippen LogP contribution is 2.27. The van der Waals surface area contributed by atoms with Crippen molar-refractivity contribution >= 4 is 5.97 Å². The third kappa shape index (κ3) is 2.48. The molecule has 0 fully saturated rings. The average Bonchev–Trinajstić information content (AvgIpc) is 2.40. The Morgan fingerprint density at radius 3 is 2.50 bits per heavy atom. The number of benzene rings is 2. The second-order valence-corrected chi connectivity index (χ2v) is 3.63. The number of hydrogen-bond donors (Lipinski definition) is 1. The van der Waals surface area contributed by atoms with E-state index in [0.29, 0.717) is 5.56 Å². The first-order chi connectivity index (χ1) is 8.72. The van der Waals surface area contributed by atoms with Crippen LogP contribution in [0.15, 0.2) is 48.5 Å². The highest BCUT2D eigenvalue weighted by atomic mass is 19.1. The Bertz CT molecular complexity index is 552. The van der Waals surface area contributed by atoms with Gasteiger partial charge in [0.2, 0.25) is 6.86 Å². The van der Waals surface area contributed by atoms with Crippen molar-refractivity contribution in [2.45, 2.75) is 0 Å². The maximum atomic E-state index is 12.1. The third-order valence-corrected chi connectivity index (χ3v) is 2.53. The lowest BCUT2D eigenvalue weighted by molar-refractivity contribution is 0.0696. The number of ether oxygens (including phenoxy) is 1. The highest BCUT2D eigenvalue weighted by Gasteiger charge is 2.12. The second kappa shape index (κ2) is 5.31. The van der Waals surface area contributed by atoms with Crippen LogP contribution >= 0.6 is 0 Å². The van der Waals surface area contributed by atoms with E-state index in [1.807, 2.05) is 30.3 Å². The quantitative estimate of drug-likeness (QED) is 0.899. The Balaban J connectivity index is 2.51. The van der Waals surface area contributed by atoms with Gasteiger partial charge in [0.25, 0.3) is 0 Å². The van der Waals surface area contributed by atoms with Gasteiger partial charge < -0.3 is 9.84 Å². The highest BCUT2D eigenvalue weighted by molar-refractivity contribution is 5.96. The van der Waals surface area contributed by atoms with Gasteiger partial charge >= 0.3 is 5.97 Å². The largest absolute Gasteiger partial charge is 0.478 e. The van der Waals surface area contributed by atoms with Gasteiger partial charge in [-0.05, 0) is 29.3 Å². The molecule has 0 radical (unpaired) electrons. The lowest BCUT2D eigenvalue weighted by Gasteiger charge is -2.08. The summed E-state index contributed by atoms with van der Waals surface area (Å²) in [4.78, 5) is 11.2. The van der Waals surface area contributed by atoms with Gasteiger partial charge in [0.05, 0.1) is 5.56 Å². The van der Waals surface area contributed by atoms with E-state index in [1.165, 1.54) is 6.07 Å². The van der Waals surface area contributed by atoms with Crippen LogP contribution in [0.5, 0.6) is 5.75 Å². The van der Waals surface area contributed by atoms with Crippen molar-refractivity contribution in [1.82, 2.24) is 0 Å². The van der Waals surface area contributed by atoms with Crippen molar-refractivity contribution in [3.8, 4) is 16.9 Å². The van der Waals surface area contributed by atoms with Crippen LogP contribution in [0.2, 0.25) is 0 Å². The SMILES string of the molecule is O=C(O)c1cc(OCF)ccc1-c1ccccc1. The van der Waals surface area contributed by atoms with Crippen LogP contribution in [-0.2, 0) is 0 Å². The molecule has 18 heavy (non-hydrogen) atoms. The number of halogens is 1. The van der Waals surface area contributed by atoms with Crippen LogP contribution in [0.3, 0.4) is 0 Å². The van der Waals surface area contributed by atoms with E-state index < -0.39 is 12.8 Å². The fourth-order valence-corrected chi connectivity index (χ4v) is 1.72. The zero-order chi connectivity index (χ0) is 13.0. The first kappa shape index (κ1) is 12.1. The van der Waals surface area contributed by atoms with Gasteiger partial charge in [-0.1, -0.05) is 30.3 Å². The molecule has 0 unspecified atom stereocenters. The van der Waals surface area contributed by atoms with Crippen molar-refractivity contribution in [3.05, 3.63) is 54.1 Å². The Kier molecular flexibility index (Phi) is 3.57. The molecule has 0 amide bonds. The lowest BCUT2D eigenvalue weighted by Crippen LogP contribution is -2.01. The molecular formula is C14H11FO3. The van der Waals surface area contributed by atoms with E-state index >= 15 is 0 Å². The predicted molar refractivity (Wildman–Crippen MR) is 65.4 cm³/mol. The van der Waals surface area contributed by atoms with Gasteiger partial charge in [-0.3, -0.25) is 0 Å². The Morgan fingerprint density at radius 2 is 1.89 bits per heavy atom. The minimum absolute atomic E-state index is 0.0900. The summed E-state index contributed by atoms with van der Waals surface area (Å²) >= 11 is 0. The summed E-state index contributed by atoms with van der Waals surface area (Å²) in [6, 6.07) is 13.6. The molecule has 0 heterocycles. The van der Waals surface area contributed by atoms with Gasteiger partial charge in [-0.15, -0.1) is 0 Å². The third-order valence-electron chi connectivity index (χ3n) is 2.53. The lowest BCUT2D eigenvalue weighted by atomic mass is 9.99. The summed E-state index contributed by atoms with van der Waals surface area (Å²) in [6.45, 7) is -0.982. The molecule has 0 spiro atoms. The minimum atomic E-state index is -1.07. The van der Waals surface area contributed by atoms with Crippen LogP contribution in [-0.4, -0.2) is 17.9 Å². The molecule has 2 aromatic rings. The number of alkyl halides is 1. The second-order valence-electron chi connectivity index (χ2n) is 3.63. The summed E-state index contributed by atoms with van der Waals surface area (Å²) in [7, 11) is 0. The molecule has 0 aliphatic carbocycles. The predicted octanol–water partition coefficient (Wildman–Crippen LogP) is 3.36. The topological polar surface area (TPSA) is 46.5 Å². The van der Waals surface area contributed by atoms with E-state index in [0.717, 1.165) is 5.56 Å². The summed E-state index contributed by atoms with van der Waals surface area (Å²) in [5.74, 6) is -0.868. The van der Waals surface area contributed by atoms with Gasteiger partial charge in [-0.2, -0.15) is 0 Å². The van der Waals surface area contributed by atoms with E-state index in [9.17, 15) is 14.3 Å². The van der Waals surface area contributed by atoms with Crippen molar-refractivity contribution in [3.63, 3.8) is 0 Å². The molecule has 0 atom stereocenters. The Morgan fingerprint density at radius 1 is 1.17 bits per heavy atom. The molecule has 3 nitrogen and oxygen atoms in total. The summed E-state index contributed by atoms with van der Waals surface area (Å²) in [5.41, 5.74) is 1.46. The number of rotatable bonds is 4. The monoisotopic (exact) mass is 246 g/mol. The number of aromatic carboxylic acids is 1. The fraction of sp³-hybridized carbons (Fsp3) is 0.0714. The normalized spacial score (nSPS) is 10.1. The van der Waals surface area contributed by atoms with Gasteiger partial charge in [0, 0.05) is 0 Å². The first-order valence-electron chi connectivity index (χ1n) is 5.34. The molecule has 0 bridgehead atoms. The zero-order valence-corrected chi connectivity index (χ0v) is 9.47. The van der Waals surface area contributed by atoms with Crippen molar-refractivity contribution < 1.29 is 19.0 Å². The number of carboxylic acids is 1. The molecule has 92 valence electrons. The first-order valence-corrected chi connectivity index (χ1v) is 5.34. The number of carbonyl (C=O) groups is 1. The summed E-state index contributed by atoms with van der Waals surface area (Å²) in [5, 5.41) is 9.17. The van der Waals surface area contributed by atoms with Gasteiger partial charge in [0.1, 0.15) is 5.75 Å². The fourth-order valence-electron chi connectivity index (χ4n) is 1.72. The van der Waals surface area contributed by atoms with Crippen molar-refractivity contribution in [2.24, 2.45) is 0 Å². The average molecular weight is 246 g/mol. The van der Waals surface area contributed by atoms with E-state index in [-0.39, 0.29) is 11.3 Å². The van der Waals surface area contributed by atoms with Crippen LogP contribution in [0, 0.1) is 0 Å². The summed E-state index contributed by atoms with van der Waals surface area (Å²) < 4.78 is 16.7. The Hall–Kier alpha value is -2.36. The van der Waals surface area contributed by atoms with Crippen LogP contribution in [0.1, 0.15) is 10.4 Å². The number of hydrogen-bond acceptors (Lipinski definition) is 2. The van der Waals surface area contributed by atoms with Gasteiger partial charge in [0.15, 0.2) is 0 Å². The molecule has 0 aromatic heterocycles. The Labute approximate surface area is 103 Å². The maximum absolute atomic E-state index is 12.1. The minimum Gasteiger partial charge on any atom is -0.478 e. The molecule has 2 aromatic carbocycles.